The second-order valence-electron chi connectivity index (χ2n) is 4.05. The maximum atomic E-state index is 14.2. The molecular formula is C14H13Cl2FN2O. The summed E-state index contributed by atoms with van der Waals surface area (Å²) in [7, 11) is 0. The molecule has 0 spiro atoms. The Morgan fingerprint density at radius 1 is 1.25 bits per heavy atom. The molecule has 0 saturated carbocycles. The van der Waals surface area contributed by atoms with E-state index < -0.39 is 5.82 Å². The largest absolute Gasteiger partial charge is 0.436 e. The van der Waals surface area contributed by atoms with E-state index in [1.807, 2.05) is 6.92 Å². The number of halogens is 3. The minimum absolute atomic E-state index is 0.0845. The molecule has 106 valence electrons. The first kappa shape index (κ1) is 15.0. The molecule has 0 aliphatic rings. The van der Waals surface area contributed by atoms with Crippen LogP contribution in [-0.2, 0) is 6.54 Å². The lowest BCUT2D eigenvalue weighted by Crippen LogP contribution is -2.13. The van der Waals surface area contributed by atoms with Crippen molar-refractivity contribution in [3.05, 3.63) is 51.9 Å². The first-order valence-corrected chi connectivity index (χ1v) is 6.84. The fourth-order valence-electron chi connectivity index (χ4n) is 1.58. The normalized spacial score (nSPS) is 10.6. The highest BCUT2D eigenvalue weighted by molar-refractivity contribution is 6.42. The highest BCUT2D eigenvalue weighted by atomic mass is 35.5. The summed E-state index contributed by atoms with van der Waals surface area (Å²) >= 11 is 11.7. The Labute approximate surface area is 126 Å². The number of pyridine rings is 1. The third-order valence-corrected chi connectivity index (χ3v) is 3.35. The maximum absolute atomic E-state index is 14.2. The molecule has 2 rings (SSSR count). The van der Waals surface area contributed by atoms with E-state index in [9.17, 15) is 4.39 Å². The van der Waals surface area contributed by atoms with Crippen molar-refractivity contribution in [3.8, 4) is 11.6 Å². The molecule has 1 N–H and O–H groups in total. The van der Waals surface area contributed by atoms with Gasteiger partial charge in [0, 0.05) is 24.4 Å². The summed E-state index contributed by atoms with van der Waals surface area (Å²) in [5, 5.41) is 3.80. The van der Waals surface area contributed by atoms with Crippen LogP contribution in [0.5, 0.6) is 11.6 Å². The standard InChI is InChI=1S/C14H13Cl2FN2O/c1-2-18-8-9-5-6-19-14(13(9)17)20-10-3-4-11(15)12(16)7-10/h3-7,18H,2,8H2,1H3. The molecule has 0 amide bonds. The van der Waals surface area contributed by atoms with Gasteiger partial charge in [-0.3, -0.25) is 0 Å². The maximum Gasteiger partial charge on any atom is 0.256 e. The zero-order valence-corrected chi connectivity index (χ0v) is 12.3. The SMILES string of the molecule is CCNCc1ccnc(Oc2ccc(Cl)c(Cl)c2)c1F. The molecule has 0 fully saturated rings. The molecular weight excluding hydrogens is 302 g/mol. The van der Waals surface area contributed by atoms with Crippen molar-refractivity contribution in [2.75, 3.05) is 6.54 Å². The fourth-order valence-corrected chi connectivity index (χ4v) is 1.87. The number of benzene rings is 1. The van der Waals surface area contributed by atoms with Crippen LogP contribution < -0.4 is 10.1 Å². The molecule has 0 aliphatic carbocycles. The Bertz CT molecular complexity index is 608. The smallest absolute Gasteiger partial charge is 0.256 e. The van der Waals surface area contributed by atoms with Crippen LogP contribution >= 0.6 is 23.2 Å². The lowest BCUT2D eigenvalue weighted by atomic mass is 10.2. The highest BCUT2D eigenvalue weighted by Crippen LogP contribution is 2.30. The van der Waals surface area contributed by atoms with E-state index in [0.29, 0.717) is 27.9 Å². The Hall–Kier alpha value is -1.36. The van der Waals surface area contributed by atoms with Crippen LogP contribution in [0.4, 0.5) is 4.39 Å². The Morgan fingerprint density at radius 2 is 2.05 bits per heavy atom. The van der Waals surface area contributed by atoms with Crippen LogP contribution in [0.2, 0.25) is 10.0 Å². The second-order valence-corrected chi connectivity index (χ2v) is 4.86. The molecule has 20 heavy (non-hydrogen) atoms. The average Bonchev–Trinajstić information content (AvgIpc) is 2.44. The number of aromatic nitrogens is 1. The molecule has 2 aromatic rings. The van der Waals surface area contributed by atoms with Crippen LogP contribution in [0.25, 0.3) is 0 Å². The van der Waals surface area contributed by atoms with Gasteiger partial charge in [0.05, 0.1) is 10.0 Å². The van der Waals surface area contributed by atoms with Gasteiger partial charge in [0.15, 0.2) is 5.82 Å². The third-order valence-electron chi connectivity index (χ3n) is 2.61. The van der Waals surface area contributed by atoms with Crippen molar-refractivity contribution in [1.82, 2.24) is 10.3 Å². The molecule has 0 radical (unpaired) electrons. The van der Waals surface area contributed by atoms with Gasteiger partial charge in [-0.25, -0.2) is 9.37 Å². The lowest BCUT2D eigenvalue weighted by Gasteiger charge is -2.09. The van der Waals surface area contributed by atoms with E-state index in [2.05, 4.69) is 10.3 Å². The molecule has 1 aromatic carbocycles. The lowest BCUT2D eigenvalue weighted by molar-refractivity contribution is 0.417. The Balaban J connectivity index is 2.22. The predicted molar refractivity (Wildman–Crippen MR) is 78.1 cm³/mol. The fraction of sp³-hybridized carbons (Fsp3) is 0.214. The van der Waals surface area contributed by atoms with Gasteiger partial charge < -0.3 is 10.1 Å². The van der Waals surface area contributed by atoms with Gasteiger partial charge in [0.25, 0.3) is 5.88 Å². The molecule has 0 atom stereocenters. The molecule has 1 heterocycles. The first-order chi connectivity index (χ1) is 9.61. The summed E-state index contributed by atoms with van der Waals surface area (Å²) in [5.41, 5.74) is 0.497. The van der Waals surface area contributed by atoms with E-state index in [4.69, 9.17) is 27.9 Å². The summed E-state index contributed by atoms with van der Waals surface area (Å²) in [4.78, 5) is 3.89. The van der Waals surface area contributed by atoms with Crippen molar-refractivity contribution in [1.29, 1.82) is 0 Å². The number of ether oxygens (including phenoxy) is 1. The van der Waals surface area contributed by atoms with Gasteiger partial charge in [-0.05, 0) is 24.7 Å². The van der Waals surface area contributed by atoms with Crippen LogP contribution in [0.1, 0.15) is 12.5 Å². The van der Waals surface area contributed by atoms with E-state index in [1.165, 1.54) is 12.3 Å². The summed E-state index contributed by atoms with van der Waals surface area (Å²) in [6.45, 7) is 3.12. The first-order valence-electron chi connectivity index (χ1n) is 6.08. The third kappa shape index (κ3) is 3.60. The van der Waals surface area contributed by atoms with Crippen molar-refractivity contribution < 1.29 is 9.13 Å². The number of hydrogen-bond donors (Lipinski definition) is 1. The minimum Gasteiger partial charge on any atom is -0.436 e. The molecule has 0 saturated heterocycles. The quantitative estimate of drug-likeness (QED) is 0.886. The number of nitrogens with zero attached hydrogens (tertiary/aromatic N) is 1. The van der Waals surface area contributed by atoms with Crippen molar-refractivity contribution in [2.24, 2.45) is 0 Å². The van der Waals surface area contributed by atoms with Crippen LogP contribution in [-0.4, -0.2) is 11.5 Å². The van der Waals surface area contributed by atoms with Gasteiger partial charge in [0.1, 0.15) is 5.75 Å². The van der Waals surface area contributed by atoms with Gasteiger partial charge in [-0.2, -0.15) is 0 Å². The summed E-state index contributed by atoms with van der Waals surface area (Å²) in [5.74, 6) is -0.190. The molecule has 6 heteroatoms. The zero-order chi connectivity index (χ0) is 14.5. The second kappa shape index (κ2) is 6.88. The molecule has 3 nitrogen and oxygen atoms in total. The molecule has 1 aromatic heterocycles. The Kier molecular flexibility index (Phi) is 5.17. The summed E-state index contributed by atoms with van der Waals surface area (Å²) in [6.07, 6.45) is 1.50. The predicted octanol–water partition coefficient (Wildman–Crippen LogP) is 4.43. The topological polar surface area (TPSA) is 34.2 Å². The monoisotopic (exact) mass is 314 g/mol. The number of rotatable bonds is 5. The van der Waals surface area contributed by atoms with Crippen molar-refractivity contribution >= 4 is 23.2 Å². The Morgan fingerprint density at radius 3 is 2.75 bits per heavy atom. The van der Waals surface area contributed by atoms with E-state index in [1.54, 1.807) is 18.2 Å². The van der Waals surface area contributed by atoms with Crippen LogP contribution in [0.15, 0.2) is 30.5 Å². The molecule has 0 bridgehead atoms. The van der Waals surface area contributed by atoms with Gasteiger partial charge in [-0.1, -0.05) is 30.1 Å². The highest BCUT2D eigenvalue weighted by Gasteiger charge is 2.12. The summed E-state index contributed by atoms with van der Waals surface area (Å²) < 4.78 is 19.6. The van der Waals surface area contributed by atoms with Crippen molar-refractivity contribution in [3.63, 3.8) is 0 Å². The van der Waals surface area contributed by atoms with Gasteiger partial charge in [-0.15, -0.1) is 0 Å². The number of nitrogens with one attached hydrogen (secondary N) is 1. The molecule has 0 unspecified atom stereocenters. The van der Waals surface area contributed by atoms with E-state index in [0.717, 1.165) is 6.54 Å². The van der Waals surface area contributed by atoms with E-state index in [-0.39, 0.29) is 5.88 Å². The van der Waals surface area contributed by atoms with Crippen LogP contribution in [0.3, 0.4) is 0 Å². The summed E-state index contributed by atoms with van der Waals surface area (Å²) in [6, 6.07) is 6.31. The van der Waals surface area contributed by atoms with Gasteiger partial charge in [0.2, 0.25) is 0 Å². The number of hydrogen-bond acceptors (Lipinski definition) is 3. The average molecular weight is 315 g/mol. The van der Waals surface area contributed by atoms with E-state index >= 15 is 0 Å². The zero-order valence-electron chi connectivity index (χ0n) is 10.8. The van der Waals surface area contributed by atoms with Gasteiger partial charge >= 0.3 is 0 Å². The molecule has 0 aliphatic heterocycles. The van der Waals surface area contributed by atoms with Crippen molar-refractivity contribution in [2.45, 2.75) is 13.5 Å². The minimum atomic E-state index is -0.487. The van der Waals surface area contributed by atoms with Crippen LogP contribution in [0, 0.1) is 5.82 Å².